The molecule has 0 bridgehead atoms. The highest BCUT2D eigenvalue weighted by Crippen LogP contribution is 1.97. The molecule has 0 fully saturated rings. The van der Waals surface area contributed by atoms with Crippen LogP contribution >= 0.6 is 0 Å². The van der Waals surface area contributed by atoms with Gasteiger partial charge < -0.3 is 20.4 Å². The lowest BCUT2D eigenvalue weighted by atomic mass is 10.3. The van der Waals surface area contributed by atoms with Gasteiger partial charge in [-0.25, -0.2) is 0 Å². The highest BCUT2D eigenvalue weighted by atomic mass is 15.3. The summed E-state index contributed by atoms with van der Waals surface area (Å²) in [5.41, 5.74) is 0. The fraction of sp³-hybridized carbons (Fsp3) is 0.857. The number of nitrogens with one attached hydrogen (secondary N) is 4. The zero-order valence-electron chi connectivity index (χ0n) is 13.6. The Hall–Kier alpha value is -1.14. The molecule has 0 aromatic heterocycles. The Morgan fingerprint density at radius 2 is 1.10 bits per heavy atom. The molecule has 0 atom stereocenters. The molecule has 0 aliphatic carbocycles. The molecule has 0 unspecified atom stereocenters. The molecule has 0 aliphatic rings. The van der Waals surface area contributed by atoms with Gasteiger partial charge in [-0.15, -0.1) is 0 Å². The van der Waals surface area contributed by atoms with Gasteiger partial charge in [0.1, 0.15) is 0 Å². The summed E-state index contributed by atoms with van der Waals surface area (Å²) in [7, 11) is 0. The first-order valence-corrected chi connectivity index (χ1v) is 7.70. The number of rotatable bonds is 10. The molecule has 0 aliphatic heterocycles. The van der Waals surface area contributed by atoms with E-state index in [1.807, 2.05) is 23.6 Å². The molecule has 0 saturated heterocycles. The maximum absolute atomic E-state index is 8.21. The highest BCUT2D eigenvalue weighted by molar-refractivity contribution is 6.37. The first-order valence-electron chi connectivity index (χ1n) is 7.70. The Labute approximate surface area is 123 Å². The van der Waals surface area contributed by atoms with Crippen LogP contribution in [0.5, 0.6) is 0 Å². The van der Waals surface area contributed by atoms with Gasteiger partial charge in [-0.05, 0) is 26.9 Å². The third kappa shape index (κ3) is 6.86. The molecule has 118 valence electrons. The third-order valence-electron chi connectivity index (χ3n) is 3.24. The Balaban J connectivity index is 4.40. The summed E-state index contributed by atoms with van der Waals surface area (Å²) < 4.78 is 0. The summed E-state index contributed by atoms with van der Waals surface area (Å²) in [6.45, 7) is 14.9. The van der Waals surface area contributed by atoms with Crippen LogP contribution in [-0.4, -0.2) is 73.8 Å². The van der Waals surface area contributed by atoms with E-state index in [-0.39, 0.29) is 0 Å². The van der Waals surface area contributed by atoms with Gasteiger partial charge >= 0.3 is 0 Å². The van der Waals surface area contributed by atoms with Gasteiger partial charge in [0, 0.05) is 39.3 Å². The van der Waals surface area contributed by atoms with Crippen molar-refractivity contribution in [2.75, 3.05) is 52.4 Å². The summed E-state index contributed by atoms with van der Waals surface area (Å²) in [5.74, 6) is 0.646. The number of hydrogen-bond donors (Lipinski definition) is 4. The van der Waals surface area contributed by atoms with Crippen molar-refractivity contribution in [3.63, 3.8) is 0 Å². The molecule has 0 rings (SSSR count). The van der Waals surface area contributed by atoms with Crippen molar-refractivity contribution in [1.29, 1.82) is 10.8 Å². The summed E-state index contributed by atoms with van der Waals surface area (Å²) in [5, 5.41) is 22.9. The second-order valence-electron chi connectivity index (χ2n) is 4.56. The average Bonchev–Trinajstić information content (AvgIpc) is 2.47. The Morgan fingerprint density at radius 1 is 0.750 bits per heavy atom. The molecule has 0 spiro atoms. The van der Waals surface area contributed by atoms with E-state index in [1.165, 1.54) is 0 Å². The van der Waals surface area contributed by atoms with E-state index in [0.29, 0.717) is 11.7 Å². The van der Waals surface area contributed by atoms with E-state index >= 15 is 0 Å². The fourth-order valence-corrected chi connectivity index (χ4v) is 1.94. The third-order valence-corrected chi connectivity index (χ3v) is 3.24. The van der Waals surface area contributed by atoms with Crippen molar-refractivity contribution in [3.8, 4) is 0 Å². The zero-order chi connectivity index (χ0) is 15.4. The van der Waals surface area contributed by atoms with Crippen LogP contribution in [0.15, 0.2) is 0 Å². The summed E-state index contributed by atoms with van der Waals surface area (Å²) in [6.07, 6.45) is 0. The minimum Gasteiger partial charge on any atom is -0.353 e. The maximum atomic E-state index is 8.21. The van der Waals surface area contributed by atoms with Gasteiger partial charge in [0.2, 0.25) is 0 Å². The second-order valence-corrected chi connectivity index (χ2v) is 4.56. The maximum Gasteiger partial charge on any atom is 0.163 e. The van der Waals surface area contributed by atoms with E-state index in [1.54, 1.807) is 0 Å². The van der Waals surface area contributed by atoms with E-state index in [9.17, 15) is 0 Å². The molecule has 0 aromatic carbocycles. The fourth-order valence-electron chi connectivity index (χ4n) is 1.94. The lowest BCUT2D eigenvalue weighted by molar-refractivity contribution is 0.407. The number of amidine groups is 2. The van der Waals surface area contributed by atoms with Crippen molar-refractivity contribution in [3.05, 3.63) is 0 Å². The van der Waals surface area contributed by atoms with E-state index in [2.05, 4.69) is 24.5 Å². The van der Waals surface area contributed by atoms with Gasteiger partial charge in [0.15, 0.2) is 11.7 Å². The van der Waals surface area contributed by atoms with Crippen LogP contribution < -0.4 is 10.6 Å². The molecule has 0 heterocycles. The molecule has 4 N–H and O–H groups in total. The SMILES string of the molecule is CCNCCN(CC)C(=N)C(=N)N(CC)CCNCC. The van der Waals surface area contributed by atoms with Crippen molar-refractivity contribution >= 4 is 11.7 Å². The van der Waals surface area contributed by atoms with Crippen LogP contribution in [0.2, 0.25) is 0 Å². The van der Waals surface area contributed by atoms with Crippen molar-refractivity contribution < 1.29 is 0 Å². The van der Waals surface area contributed by atoms with Crippen LogP contribution in [0.4, 0.5) is 0 Å². The van der Waals surface area contributed by atoms with Gasteiger partial charge in [0.05, 0.1) is 0 Å². The molecule has 0 amide bonds. The first kappa shape index (κ1) is 18.9. The van der Waals surface area contributed by atoms with Crippen LogP contribution in [0, 0.1) is 10.8 Å². The predicted octanol–water partition coefficient (Wildman–Crippen LogP) is 0.804. The number of hydrogen-bond acceptors (Lipinski definition) is 4. The lowest BCUT2D eigenvalue weighted by Gasteiger charge is -2.30. The van der Waals surface area contributed by atoms with Crippen molar-refractivity contribution in [1.82, 2.24) is 20.4 Å². The molecule has 0 aromatic rings. The smallest absolute Gasteiger partial charge is 0.163 e. The van der Waals surface area contributed by atoms with Gasteiger partial charge in [-0.2, -0.15) is 0 Å². The Bertz CT molecular complexity index is 251. The minimum atomic E-state index is 0.323. The summed E-state index contributed by atoms with van der Waals surface area (Å²) in [4.78, 5) is 3.89. The highest BCUT2D eigenvalue weighted by Gasteiger charge is 2.17. The second kappa shape index (κ2) is 11.7. The molecule has 6 heteroatoms. The quantitative estimate of drug-likeness (QED) is 0.272. The van der Waals surface area contributed by atoms with Crippen molar-refractivity contribution in [2.45, 2.75) is 27.7 Å². The molecular formula is C14H32N6. The topological polar surface area (TPSA) is 78.2 Å². The van der Waals surface area contributed by atoms with Crippen LogP contribution in [0.25, 0.3) is 0 Å². The summed E-state index contributed by atoms with van der Waals surface area (Å²) in [6, 6.07) is 0. The van der Waals surface area contributed by atoms with E-state index in [0.717, 1.165) is 52.4 Å². The lowest BCUT2D eigenvalue weighted by Crippen LogP contribution is -2.47. The normalized spacial score (nSPS) is 10.4. The van der Waals surface area contributed by atoms with Gasteiger partial charge in [0.25, 0.3) is 0 Å². The number of likely N-dealkylation sites (N-methyl/N-ethyl adjacent to an activating group) is 4. The van der Waals surface area contributed by atoms with E-state index in [4.69, 9.17) is 10.8 Å². The van der Waals surface area contributed by atoms with Gasteiger partial charge in [-0.1, -0.05) is 13.8 Å². The Kier molecular flexibility index (Phi) is 11.0. The van der Waals surface area contributed by atoms with Crippen LogP contribution in [0.1, 0.15) is 27.7 Å². The van der Waals surface area contributed by atoms with Crippen molar-refractivity contribution in [2.24, 2.45) is 0 Å². The predicted molar refractivity (Wildman–Crippen MR) is 87.0 cm³/mol. The molecule has 0 saturated carbocycles. The Morgan fingerprint density at radius 3 is 1.35 bits per heavy atom. The largest absolute Gasteiger partial charge is 0.353 e. The number of nitrogens with zero attached hydrogens (tertiary/aromatic N) is 2. The molecule has 0 radical (unpaired) electrons. The van der Waals surface area contributed by atoms with Crippen LogP contribution in [-0.2, 0) is 0 Å². The standard InChI is InChI=1S/C14H32N6/c1-5-17-9-11-19(7-3)13(15)14(16)20(8-4)12-10-18-6-2/h15-18H,5-12H2,1-4H3. The summed E-state index contributed by atoms with van der Waals surface area (Å²) >= 11 is 0. The zero-order valence-corrected chi connectivity index (χ0v) is 13.6. The molecular weight excluding hydrogens is 252 g/mol. The minimum absolute atomic E-state index is 0.323. The average molecular weight is 284 g/mol. The van der Waals surface area contributed by atoms with E-state index < -0.39 is 0 Å². The molecule has 6 nitrogen and oxygen atoms in total. The van der Waals surface area contributed by atoms with Crippen LogP contribution in [0.3, 0.4) is 0 Å². The molecule has 20 heavy (non-hydrogen) atoms. The van der Waals surface area contributed by atoms with Gasteiger partial charge in [-0.3, -0.25) is 10.8 Å². The monoisotopic (exact) mass is 284 g/mol. The first-order chi connectivity index (χ1) is 9.62.